The summed E-state index contributed by atoms with van der Waals surface area (Å²) in [5.41, 5.74) is 2.93. The Kier molecular flexibility index (Phi) is 4.01. The number of nitriles is 1. The zero-order valence-electron chi connectivity index (χ0n) is 10.8. The molecule has 0 aromatic heterocycles. The zero-order chi connectivity index (χ0) is 13.0. The third-order valence-corrected chi connectivity index (χ3v) is 3.09. The number of nitrogens with one attached hydrogen (secondary N) is 1. The van der Waals surface area contributed by atoms with Gasteiger partial charge in [-0.25, -0.2) is 0 Å². The molecule has 1 aromatic rings. The molecule has 0 radical (unpaired) electrons. The average Bonchev–Trinajstić information content (AvgIpc) is 3.20. The Bertz CT molecular complexity index is 469. The molecule has 1 aromatic carbocycles. The van der Waals surface area contributed by atoms with Gasteiger partial charge in [0.1, 0.15) is 0 Å². The van der Waals surface area contributed by atoms with Crippen molar-refractivity contribution in [3.05, 3.63) is 42.0 Å². The largest absolute Gasteiger partial charge is 0.371 e. The van der Waals surface area contributed by atoms with Crippen molar-refractivity contribution in [2.45, 2.75) is 18.9 Å². The maximum absolute atomic E-state index is 8.88. The number of benzene rings is 1. The lowest BCUT2D eigenvalue weighted by Gasteiger charge is -2.21. The van der Waals surface area contributed by atoms with Crippen molar-refractivity contribution in [2.75, 3.05) is 25.0 Å². The SMILES string of the molecule is C=C(CNC1CC1)CN(C)c1cccc(C#N)c1. The second-order valence-corrected chi connectivity index (χ2v) is 4.92. The van der Waals surface area contributed by atoms with Gasteiger partial charge in [-0.1, -0.05) is 12.6 Å². The molecule has 3 heteroatoms. The number of nitrogens with zero attached hydrogens (tertiary/aromatic N) is 2. The molecule has 1 N–H and O–H groups in total. The highest BCUT2D eigenvalue weighted by molar-refractivity contribution is 5.51. The standard InChI is InChI=1S/C15H19N3/c1-12(10-17-14-6-7-14)11-18(2)15-5-3-4-13(8-15)9-16/h3-5,8,14,17H,1,6-7,10-11H2,2H3. The van der Waals surface area contributed by atoms with Gasteiger partial charge in [0.2, 0.25) is 0 Å². The van der Waals surface area contributed by atoms with Crippen molar-refractivity contribution < 1.29 is 0 Å². The summed E-state index contributed by atoms with van der Waals surface area (Å²) >= 11 is 0. The zero-order valence-corrected chi connectivity index (χ0v) is 10.8. The minimum Gasteiger partial charge on any atom is -0.371 e. The van der Waals surface area contributed by atoms with Crippen LogP contribution in [0.25, 0.3) is 0 Å². The van der Waals surface area contributed by atoms with Crippen LogP contribution in [-0.4, -0.2) is 26.2 Å². The van der Waals surface area contributed by atoms with Gasteiger partial charge in [0.15, 0.2) is 0 Å². The molecular weight excluding hydrogens is 222 g/mol. The van der Waals surface area contributed by atoms with Crippen molar-refractivity contribution in [1.29, 1.82) is 5.26 Å². The minimum atomic E-state index is 0.695. The van der Waals surface area contributed by atoms with Crippen LogP contribution in [0, 0.1) is 11.3 Å². The molecule has 94 valence electrons. The maximum Gasteiger partial charge on any atom is 0.0992 e. The molecule has 0 spiro atoms. The summed E-state index contributed by atoms with van der Waals surface area (Å²) in [6.45, 7) is 5.79. The molecule has 18 heavy (non-hydrogen) atoms. The fraction of sp³-hybridized carbons (Fsp3) is 0.400. The highest BCUT2D eigenvalue weighted by atomic mass is 15.1. The Labute approximate surface area is 109 Å². The predicted molar refractivity (Wildman–Crippen MR) is 74.6 cm³/mol. The van der Waals surface area contributed by atoms with Gasteiger partial charge in [-0.15, -0.1) is 0 Å². The first-order valence-electron chi connectivity index (χ1n) is 6.30. The molecule has 1 aliphatic carbocycles. The van der Waals surface area contributed by atoms with Crippen LogP contribution in [0.5, 0.6) is 0 Å². The third-order valence-electron chi connectivity index (χ3n) is 3.09. The predicted octanol–water partition coefficient (Wildman–Crippen LogP) is 2.30. The molecule has 0 unspecified atom stereocenters. The summed E-state index contributed by atoms with van der Waals surface area (Å²) in [5.74, 6) is 0. The molecule has 0 heterocycles. The van der Waals surface area contributed by atoms with Gasteiger partial charge in [-0.2, -0.15) is 5.26 Å². The Balaban J connectivity index is 1.87. The molecule has 1 saturated carbocycles. The smallest absolute Gasteiger partial charge is 0.0992 e. The van der Waals surface area contributed by atoms with Gasteiger partial charge in [-0.3, -0.25) is 0 Å². The summed E-state index contributed by atoms with van der Waals surface area (Å²) in [5, 5.41) is 12.3. The number of hydrogen-bond acceptors (Lipinski definition) is 3. The lowest BCUT2D eigenvalue weighted by Crippen LogP contribution is -2.26. The van der Waals surface area contributed by atoms with E-state index in [2.05, 4.69) is 22.9 Å². The molecular formula is C15H19N3. The highest BCUT2D eigenvalue weighted by Gasteiger charge is 2.20. The molecule has 2 rings (SSSR count). The van der Waals surface area contributed by atoms with E-state index in [1.807, 2.05) is 31.3 Å². The van der Waals surface area contributed by atoms with E-state index in [9.17, 15) is 0 Å². The lowest BCUT2D eigenvalue weighted by molar-refractivity contribution is 0.722. The van der Waals surface area contributed by atoms with Gasteiger partial charge in [0.25, 0.3) is 0 Å². The normalized spacial score (nSPS) is 14.0. The Morgan fingerprint density at radius 3 is 3.00 bits per heavy atom. The van der Waals surface area contributed by atoms with Gasteiger partial charge < -0.3 is 10.2 Å². The Morgan fingerprint density at radius 2 is 2.33 bits per heavy atom. The first kappa shape index (κ1) is 12.7. The summed E-state index contributed by atoms with van der Waals surface area (Å²) < 4.78 is 0. The summed E-state index contributed by atoms with van der Waals surface area (Å²) in [6, 6.07) is 10.5. The molecule has 1 aliphatic rings. The van der Waals surface area contributed by atoms with E-state index in [0.717, 1.165) is 18.8 Å². The van der Waals surface area contributed by atoms with E-state index in [1.165, 1.54) is 18.4 Å². The first-order chi connectivity index (χ1) is 8.69. The topological polar surface area (TPSA) is 39.1 Å². The lowest BCUT2D eigenvalue weighted by atomic mass is 10.2. The molecule has 0 atom stereocenters. The van der Waals surface area contributed by atoms with Crippen LogP contribution in [-0.2, 0) is 0 Å². The van der Waals surface area contributed by atoms with Crippen molar-refractivity contribution in [1.82, 2.24) is 5.32 Å². The van der Waals surface area contributed by atoms with E-state index in [-0.39, 0.29) is 0 Å². The monoisotopic (exact) mass is 241 g/mol. The second kappa shape index (κ2) is 5.70. The molecule has 0 bridgehead atoms. The van der Waals surface area contributed by atoms with Crippen LogP contribution in [0.15, 0.2) is 36.4 Å². The van der Waals surface area contributed by atoms with Crippen molar-refractivity contribution >= 4 is 5.69 Å². The summed E-state index contributed by atoms with van der Waals surface area (Å²) in [6.07, 6.45) is 2.60. The fourth-order valence-electron chi connectivity index (χ4n) is 1.87. The number of anilines is 1. The van der Waals surface area contributed by atoms with Gasteiger partial charge in [0, 0.05) is 31.9 Å². The minimum absolute atomic E-state index is 0.695. The van der Waals surface area contributed by atoms with Gasteiger partial charge >= 0.3 is 0 Å². The van der Waals surface area contributed by atoms with Crippen LogP contribution < -0.4 is 10.2 Å². The van der Waals surface area contributed by atoms with Crippen molar-refractivity contribution in [3.8, 4) is 6.07 Å². The maximum atomic E-state index is 8.88. The third kappa shape index (κ3) is 3.61. The number of likely N-dealkylation sites (N-methyl/N-ethyl adjacent to an activating group) is 1. The quantitative estimate of drug-likeness (QED) is 0.777. The van der Waals surface area contributed by atoms with Gasteiger partial charge in [0.05, 0.1) is 11.6 Å². The summed E-state index contributed by atoms with van der Waals surface area (Å²) in [7, 11) is 2.03. The average molecular weight is 241 g/mol. The number of rotatable bonds is 6. The molecule has 0 saturated heterocycles. The second-order valence-electron chi connectivity index (χ2n) is 4.92. The molecule has 3 nitrogen and oxygen atoms in total. The number of hydrogen-bond donors (Lipinski definition) is 1. The van der Waals surface area contributed by atoms with Crippen molar-refractivity contribution in [3.63, 3.8) is 0 Å². The molecule has 0 aliphatic heterocycles. The highest BCUT2D eigenvalue weighted by Crippen LogP contribution is 2.19. The fourth-order valence-corrected chi connectivity index (χ4v) is 1.87. The van der Waals surface area contributed by atoms with Crippen molar-refractivity contribution in [2.24, 2.45) is 0 Å². The van der Waals surface area contributed by atoms with Crippen LogP contribution in [0.3, 0.4) is 0 Å². The van der Waals surface area contributed by atoms with Crippen LogP contribution in [0.2, 0.25) is 0 Å². The van der Waals surface area contributed by atoms with E-state index >= 15 is 0 Å². The van der Waals surface area contributed by atoms with Crippen LogP contribution in [0.1, 0.15) is 18.4 Å². The molecule has 0 amide bonds. The van der Waals surface area contributed by atoms with E-state index < -0.39 is 0 Å². The summed E-state index contributed by atoms with van der Waals surface area (Å²) in [4.78, 5) is 2.12. The van der Waals surface area contributed by atoms with E-state index in [0.29, 0.717) is 11.6 Å². The van der Waals surface area contributed by atoms with Gasteiger partial charge in [-0.05, 0) is 36.6 Å². The van der Waals surface area contributed by atoms with E-state index in [1.54, 1.807) is 0 Å². The van der Waals surface area contributed by atoms with Crippen LogP contribution in [0.4, 0.5) is 5.69 Å². The first-order valence-corrected chi connectivity index (χ1v) is 6.30. The Hall–Kier alpha value is -1.79. The molecule has 1 fully saturated rings. The van der Waals surface area contributed by atoms with E-state index in [4.69, 9.17) is 5.26 Å². The van der Waals surface area contributed by atoms with Crippen LogP contribution >= 0.6 is 0 Å². The Morgan fingerprint density at radius 1 is 1.56 bits per heavy atom.